The fraction of sp³-hybridized carbons (Fsp3) is 0.917. The number of halogens is 6. The van der Waals surface area contributed by atoms with Crippen LogP contribution in [0.4, 0.5) is 26.3 Å². The third kappa shape index (κ3) is 3.12. The molecule has 1 rings (SSSR count). The van der Waals surface area contributed by atoms with Crippen LogP contribution >= 0.6 is 0 Å². The summed E-state index contributed by atoms with van der Waals surface area (Å²) in [6, 6.07) is -1.16. The van der Waals surface area contributed by atoms with Crippen molar-refractivity contribution in [2.24, 2.45) is 16.6 Å². The number of hydrogen-bond acceptors (Lipinski definition) is 2. The van der Waals surface area contributed by atoms with Gasteiger partial charge in [-0.1, -0.05) is 20.8 Å². The van der Waals surface area contributed by atoms with Gasteiger partial charge in [0.2, 0.25) is 5.91 Å². The molecule has 2 N–H and O–H groups in total. The number of hydrogen-bond donors (Lipinski definition) is 1. The Morgan fingerprint density at radius 1 is 1.10 bits per heavy atom. The third-order valence-electron chi connectivity index (χ3n) is 3.87. The molecule has 0 unspecified atom stereocenters. The van der Waals surface area contributed by atoms with Crippen LogP contribution in [0.25, 0.3) is 0 Å². The van der Waals surface area contributed by atoms with Gasteiger partial charge in [0.15, 0.2) is 5.41 Å². The molecule has 1 fully saturated rings. The summed E-state index contributed by atoms with van der Waals surface area (Å²) in [5.41, 5.74) is 1.01. The number of amides is 1. The summed E-state index contributed by atoms with van der Waals surface area (Å²) in [7, 11) is 0. The minimum atomic E-state index is -5.47. The molecule has 1 amide bonds. The second-order valence-electron chi connectivity index (χ2n) is 6.43. The lowest BCUT2D eigenvalue weighted by Gasteiger charge is -2.34. The van der Waals surface area contributed by atoms with Crippen LogP contribution in [0.3, 0.4) is 0 Å². The molecule has 0 aliphatic carbocycles. The number of likely N-dealkylation sites (tertiary alicyclic amines) is 1. The van der Waals surface area contributed by atoms with E-state index >= 15 is 0 Å². The van der Waals surface area contributed by atoms with Gasteiger partial charge in [-0.25, -0.2) is 0 Å². The molecule has 1 atom stereocenters. The van der Waals surface area contributed by atoms with Crippen LogP contribution in [0, 0.1) is 10.8 Å². The molecule has 3 nitrogen and oxygen atoms in total. The average Bonchev–Trinajstić information content (AvgIpc) is 2.70. The van der Waals surface area contributed by atoms with Gasteiger partial charge >= 0.3 is 12.4 Å². The van der Waals surface area contributed by atoms with Crippen LogP contribution in [0.2, 0.25) is 0 Å². The van der Waals surface area contributed by atoms with Gasteiger partial charge in [-0.05, 0) is 11.8 Å². The standard InChI is InChI=1S/C12H18F6N2O/c1-9(2,3)7(19)8(21)20-5-4-10(6-20,11(13,14)15)12(16,17)18/h7H,4-6,19H2,1-3H3/t7-/m1/s1. The van der Waals surface area contributed by atoms with Crippen molar-refractivity contribution in [2.45, 2.75) is 45.6 Å². The molecule has 0 radical (unpaired) electrons. The van der Waals surface area contributed by atoms with E-state index in [-0.39, 0.29) is 0 Å². The van der Waals surface area contributed by atoms with Crippen molar-refractivity contribution in [1.29, 1.82) is 0 Å². The monoisotopic (exact) mass is 320 g/mol. The topological polar surface area (TPSA) is 46.3 Å². The fourth-order valence-corrected chi connectivity index (χ4v) is 2.19. The zero-order valence-electron chi connectivity index (χ0n) is 11.9. The van der Waals surface area contributed by atoms with E-state index in [4.69, 9.17) is 5.73 Å². The van der Waals surface area contributed by atoms with E-state index in [1.807, 2.05) is 0 Å². The number of rotatable bonds is 1. The van der Waals surface area contributed by atoms with E-state index in [1.54, 1.807) is 20.8 Å². The molecule has 1 heterocycles. The van der Waals surface area contributed by atoms with Gasteiger partial charge < -0.3 is 10.6 Å². The Kier molecular flexibility index (Phi) is 4.33. The first-order valence-corrected chi connectivity index (χ1v) is 6.31. The highest BCUT2D eigenvalue weighted by molar-refractivity contribution is 5.82. The predicted octanol–water partition coefficient (Wildman–Crippen LogP) is 2.70. The summed E-state index contributed by atoms with van der Waals surface area (Å²) in [5, 5.41) is 0. The summed E-state index contributed by atoms with van der Waals surface area (Å²) in [5.74, 6) is -0.891. The summed E-state index contributed by atoms with van der Waals surface area (Å²) < 4.78 is 77.4. The van der Waals surface area contributed by atoms with Crippen LogP contribution < -0.4 is 5.73 Å². The molecule has 0 saturated carbocycles. The number of carbonyl (C=O) groups is 1. The van der Waals surface area contributed by atoms with Crippen molar-refractivity contribution in [1.82, 2.24) is 4.90 Å². The summed E-state index contributed by atoms with van der Waals surface area (Å²) in [4.78, 5) is 12.6. The van der Waals surface area contributed by atoms with E-state index in [1.165, 1.54) is 0 Å². The van der Waals surface area contributed by atoms with E-state index in [9.17, 15) is 31.1 Å². The Balaban J connectivity index is 3.04. The Morgan fingerprint density at radius 3 is 1.81 bits per heavy atom. The van der Waals surface area contributed by atoms with E-state index in [2.05, 4.69) is 0 Å². The highest BCUT2D eigenvalue weighted by Gasteiger charge is 2.73. The Bertz CT molecular complexity index is 395. The van der Waals surface area contributed by atoms with Gasteiger partial charge in [0.05, 0.1) is 6.04 Å². The first kappa shape index (κ1) is 18.1. The van der Waals surface area contributed by atoms with Crippen molar-refractivity contribution in [3.63, 3.8) is 0 Å². The molecule has 1 aliphatic heterocycles. The van der Waals surface area contributed by atoms with Gasteiger partial charge in [-0.15, -0.1) is 0 Å². The zero-order valence-corrected chi connectivity index (χ0v) is 11.9. The quantitative estimate of drug-likeness (QED) is 0.755. The lowest BCUT2D eigenvalue weighted by atomic mass is 9.85. The first-order chi connectivity index (χ1) is 9.13. The lowest BCUT2D eigenvalue weighted by molar-refractivity contribution is -0.334. The molecule has 0 bridgehead atoms. The second kappa shape index (κ2) is 5.03. The summed E-state index contributed by atoms with van der Waals surface area (Å²) in [6.45, 7) is 2.73. The molecule has 0 aromatic rings. The predicted molar refractivity (Wildman–Crippen MR) is 63.2 cm³/mol. The first-order valence-electron chi connectivity index (χ1n) is 6.31. The molecular formula is C12H18F6N2O. The minimum Gasteiger partial charge on any atom is -0.340 e. The highest BCUT2D eigenvalue weighted by Crippen LogP contribution is 2.55. The van der Waals surface area contributed by atoms with Gasteiger partial charge in [0.25, 0.3) is 0 Å². The fourth-order valence-electron chi connectivity index (χ4n) is 2.19. The van der Waals surface area contributed by atoms with Gasteiger partial charge in [-0.3, -0.25) is 4.79 Å². The molecule has 0 aromatic heterocycles. The Hall–Kier alpha value is -0.990. The third-order valence-corrected chi connectivity index (χ3v) is 3.87. The largest absolute Gasteiger partial charge is 0.404 e. The van der Waals surface area contributed by atoms with Crippen LogP contribution in [-0.2, 0) is 4.79 Å². The molecule has 1 saturated heterocycles. The van der Waals surface area contributed by atoms with Gasteiger partial charge in [0, 0.05) is 13.1 Å². The molecule has 0 spiro atoms. The average molecular weight is 320 g/mol. The van der Waals surface area contributed by atoms with Crippen molar-refractivity contribution < 1.29 is 31.1 Å². The maximum absolute atomic E-state index is 12.9. The molecule has 1 aliphatic rings. The van der Waals surface area contributed by atoms with E-state index < -0.39 is 54.6 Å². The van der Waals surface area contributed by atoms with Crippen molar-refractivity contribution in [2.75, 3.05) is 13.1 Å². The second-order valence-corrected chi connectivity index (χ2v) is 6.43. The maximum atomic E-state index is 12.9. The number of nitrogens with two attached hydrogens (primary N) is 1. The van der Waals surface area contributed by atoms with E-state index in [0.717, 1.165) is 0 Å². The van der Waals surface area contributed by atoms with Crippen LogP contribution in [0.5, 0.6) is 0 Å². The smallest absolute Gasteiger partial charge is 0.340 e. The van der Waals surface area contributed by atoms with Crippen molar-refractivity contribution in [3.8, 4) is 0 Å². The lowest BCUT2D eigenvalue weighted by Crippen LogP contribution is -2.54. The highest BCUT2D eigenvalue weighted by atomic mass is 19.4. The van der Waals surface area contributed by atoms with E-state index in [0.29, 0.717) is 4.90 Å². The Morgan fingerprint density at radius 2 is 1.52 bits per heavy atom. The minimum absolute atomic E-state index is 0.566. The van der Waals surface area contributed by atoms with Gasteiger partial charge in [0.1, 0.15) is 0 Å². The van der Waals surface area contributed by atoms with Crippen molar-refractivity contribution >= 4 is 5.91 Å². The summed E-state index contributed by atoms with van der Waals surface area (Å²) in [6.07, 6.45) is -12.1. The van der Waals surface area contributed by atoms with Crippen molar-refractivity contribution in [3.05, 3.63) is 0 Å². The molecule has 0 aromatic carbocycles. The zero-order chi connectivity index (χ0) is 16.9. The molecule has 21 heavy (non-hydrogen) atoms. The SMILES string of the molecule is CC(C)(C)[C@H](N)C(=O)N1CCC(C(F)(F)F)(C(F)(F)F)C1. The summed E-state index contributed by atoms with van der Waals surface area (Å²) >= 11 is 0. The van der Waals surface area contributed by atoms with Gasteiger partial charge in [-0.2, -0.15) is 26.3 Å². The molecule has 124 valence electrons. The maximum Gasteiger partial charge on any atom is 0.404 e. The Labute approximate surface area is 118 Å². The van der Waals surface area contributed by atoms with Crippen LogP contribution in [0.15, 0.2) is 0 Å². The van der Waals surface area contributed by atoms with Crippen LogP contribution in [0.1, 0.15) is 27.2 Å². The number of alkyl halides is 6. The number of nitrogens with zero attached hydrogens (tertiary/aromatic N) is 1. The van der Waals surface area contributed by atoms with Crippen LogP contribution in [-0.4, -0.2) is 42.3 Å². The normalized spacial score (nSPS) is 21.5. The number of carbonyl (C=O) groups excluding carboxylic acids is 1. The molecule has 9 heteroatoms. The molecular weight excluding hydrogens is 302 g/mol.